The molecule has 0 aliphatic carbocycles. The van der Waals surface area contributed by atoms with Gasteiger partial charge in [-0.15, -0.1) is 0 Å². The van der Waals surface area contributed by atoms with Gasteiger partial charge in [0.1, 0.15) is 35.3 Å². The number of nitrogens with one attached hydrogen (secondary N) is 1. The average Bonchev–Trinajstić information content (AvgIpc) is 3.57. The lowest BCUT2D eigenvalue weighted by Crippen LogP contribution is -2.43. The van der Waals surface area contributed by atoms with Gasteiger partial charge in [0.15, 0.2) is 12.6 Å². The van der Waals surface area contributed by atoms with E-state index in [1.807, 2.05) is 33.8 Å². The van der Waals surface area contributed by atoms with Crippen LogP contribution in [0.4, 0.5) is 13.6 Å². The van der Waals surface area contributed by atoms with Crippen molar-refractivity contribution < 1.29 is 42.4 Å². The quantitative estimate of drug-likeness (QED) is 0.150. The minimum atomic E-state index is -0.937. The number of rotatable bonds is 14. The molecule has 3 aliphatic heterocycles. The number of H-pyrrole nitrogens is 1. The third kappa shape index (κ3) is 9.91. The maximum Gasteiger partial charge on any atom is 0.410 e. The topological polar surface area (TPSA) is 149 Å². The highest BCUT2D eigenvalue weighted by Gasteiger charge is 2.49. The highest BCUT2D eigenvalue weighted by Crippen LogP contribution is 2.40. The van der Waals surface area contributed by atoms with Crippen molar-refractivity contribution in [3.05, 3.63) is 45.6 Å². The number of benzene rings is 1. The Bertz CT molecular complexity index is 1870. The smallest absolute Gasteiger partial charge is 0.410 e. The molecule has 2 aromatic heterocycles. The number of aromatic amines is 1. The lowest BCUT2D eigenvalue weighted by Gasteiger charge is -2.30. The number of alkyl halides is 1. The zero-order chi connectivity index (χ0) is 39.3. The number of likely N-dealkylation sites (tertiary alicyclic amines) is 1. The zero-order valence-electron chi connectivity index (χ0n) is 32.6. The second-order valence-electron chi connectivity index (χ2n) is 16.1. The molecule has 0 saturated carbocycles. The van der Waals surface area contributed by atoms with E-state index in [-0.39, 0.29) is 42.1 Å². The van der Waals surface area contributed by atoms with Crippen LogP contribution in [0.3, 0.4) is 0 Å². The number of carbonyl (C=O) groups is 1. The van der Waals surface area contributed by atoms with Crippen LogP contribution in [-0.4, -0.2) is 119 Å². The maximum absolute atomic E-state index is 16.6. The fourth-order valence-corrected chi connectivity index (χ4v) is 8.07. The molecule has 13 nitrogen and oxygen atoms in total. The number of halogens is 2. The normalized spacial score (nSPS) is 23.2. The van der Waals surface area contributed by atoms with Gasteiger partial charge in [-0.3, -0.25) is 19.7 Å². The third-order valence-electron chi connectivity index (χ3n) is 10.7. The number of aliphatic hydroxyl groups excluding tert-OH is 1. The van der Waals surface area contributed by atoms with Crippen molar-refractivity contribution >= 4 is 17.0 Å². The minimum Gasteiger partial charge on any atom is -0.468 e. The molecule has 0 bridgehead atoms. The van der Waals surface area contributed by atoms with E-state index >= 15 is 4.39 Å². The number of ether oxygens (including phenoxy) is 5. The highest BCUT2D eigenvalue weighted by molar-refractivity contribution is 5.83. The second kappa shape index (κ2) is 17.5. The summed E-state index contributed by atoms with van der Waals surface area (Å²) in [6, 6.07) is 3.48. The van der Waals surface area contributed by atoms with Gasteiger partial charge in [-0.25, -0.2) is 13.6 Å². The number of methoxy groups -OCH3 is 1. The van der Waals surface area contributed by atoms with Crippen LogP contribution in [0.25, 0.3) is 22.2 Å². The Kier molecular flexibility index (Phi) is 12.9. The molecule has 15 heteroatoms. The van der Waals surface area contributed by atoms with Gasteiger partial charge in [0.25, 0.3) is 11.6 Å². The van der Waals surface area contributed by atoms with E-state index < -0.39 is 40.9 Å². The summed E-state index contributed by atoms with van der Waals surface area (Å²) in [5.74, 6) is -0.285. The van der Waals surface area contributed by atoms with Gasteiger partial charge < -0.3 is 33.7 Å². The van der Waals surface area contributed by atoms with E-state index in [0.29, 0.717) is 63.2 Å². The number of pyridine rings is 1. The van der Waals surface area contributed by atoms with E-state index in [2.05, 4.69) is 19.9 Å². The molecule has 0 radical (unpaired) electrons. The fourth-order valence-electron chi connectivity index (χ4n) is 8.07. The molecule has 0 spiro atoms. The van der Waals surface area contributed by atoms with Crippen molar-refractivity contribution in [2.45, 2.75) is 115 Å². The van der Waals surface area contributed by atoms with Crippen molar-refractivity contribution in [2.24, 2.45) is 0 Å². The standard InChI is InChI=1S/C40H55F2N5O8/c1-25-16-28(54-24-51-5)18-31(30(25)10-7-6-8-15-52-29-17-27(48)11-14-46(22-29)38(50)55-39(2,3)4)34-33(42)35-32(20-43-34)36(49)45-37(44-35)53-23-40-12-9-13-47(40)21-26(41)19-40/h16,18,20,26-27,29,48H,6-15,17,19,21-24H2,1-5H3,(H,44,45,49)/t26-,27-,29+,40+/m1/s1. The highest BCUT2D eigenvalue weighted by atomic mass is 19.1. The Morgan fingerprint density at radius 3 is 2.75 bits per heavy atom. The van der Waals surface area contributed by atoms with Crippen LogP contribution in [0, 0.1) is 12.7 Å². The monoisotopic (exact) mass is 771 g/mol. The molecule has 1 amide bonds. The lowest BCUT2D eigenvalue weighted by molar-refractivity contribution is -0.00537. The number of aliphatic hydroxyl groups is 1. The molecule has 3 aromatic rings. The first kappa shape index (κ1) is 40.7. The summed E-state index contributed by atoms with van der Waals surface area (Å²) in [7, 11) is 1.51. The van der Waals surface area contributed by atoms with Gasteiger partial charge >= 0.3 is 6.09 Å². The summed E-state index contributed by atoms with van der Waals surface area (Å²) in [5, 5.41) is 10.4. The Morgan fingerprint density at radius 1 is 1.15 bits per heavy atom. The Labute approximate surface area is 320 Å². The second-order valence-corrected chi connectivity index (χ2v) is 16.1. The summed E-state index contributed by atoms with van der Waals surface area (Å²) < 4.78 is 59.4. The predicted molar refractivity (Wildman–Crippen MR) is 202 cm³/mol. The lowest BCUT2D eigenvalue weighted by atomic mass is 9.93. The predicted octanol–water partition coefficient (Wildman–Crippen LogP) is 5.86. The van der Waals surface area contributed by atoms with Crippen LogP contribution < -0.4 is 15.0 Å². The van der Waals surface area contributed by atoms with Gasteiger partial charge in [-0.1, -0.05) is 6.42 Å². The van der Waals surface area contributed by atoms with Gasteiger partial charge in [0.2, 0.25) is 0 Å². The molecule has 1 aromatic carbocycles. The van der Waals surface area contributed by atoms with Crippen LogP contribution in [0.1, 0.15) is 83.3 Å². The number of unbranched alkanes of at least 4 members (excludes halogenated alkanes) is 2. The molecular weight excluding hydrogens is 716 g/mol. The maximum atomic E-state index is 16.6. The Balaban J connectivity index is 1.15. The average molecular weight is 772 g/mol. The van der Waals surface area contributed by atoms with E-state index in [9.17, 15) is 19.1 Å². The number of nitrogens with zero attached hydrogens (tertiary/aromatic N) is 4. The summed E-state index contributed by atoms with van der Waals surface area (Å²) in [6.45, 7) is 9.90. The molecule has 4 atom stereocenters. The van der Waals surface area contributed by atoms with Crippen LogP contribution in [0.2, 0.25) is 0 Å². The summed E-state index contributed by atoms with van der Waals surface area (Å²) >= 11 is 0. The number of amides is 1. The van der Waals surface area contributed by atoms with Crippen LogP contribution in [0.15, 0.2) is 23.1 Å². The van der Waals surface area contributed by atoms with Crippen LogP contribution >= 0.6 is 0 Å². The molecular formula is C40H55F2N5O8. The molecule has 55 heavy (non-hydrogen) atoms. The first-order valence-electron chi connectivity index (χ1n) is 19.4. The molecule has 3 fully saturated rings. The van der Waals surface area contributed by atoms with Crippen LogP contribution in [0.5, 0.6) is 11.8 Å². The van der Waals surface area contributed by atoms with E-state index in [1.165, 1.54) is 13.3 Å². The Morgan fingerprint density at radius 2 is 1.96 bits per heavy atom. The van der Waals surface area contributed by atoms with Crippen molar-refractivity contribution in [3.63, 3.8) is 0 Å². The summed E-state index contributed by atoms with van der Waals surface area (Å²) in [5.41, 5.74) is 0.463. The molecule has 3 aliphatic rings. The van der Waals surface area contributed by atoms with E-state index in [4.69, 9.17) is 23.7 Å². The SMILES string of the molecule is COCOc1cc(C)c(CCCCCO[C@H]2C[C@H](O)CCN(C(=O)OC(C)(C)C)C2)c(-c2ncc3c(=O)[nH]c(OC[C@@]45CCCN4C[C@H](F)C5)nc3c2F)c1. The van der Waals surface area contributed by atoms with Crippen molar-refractivity contribution in [1.29, 1.82) is 0 Å². The number of aryl methyl sites for hydroxylation is 1. The summed E-state index contributed by atoms with van der Waals surface area (Å²) in [4.78, 5) is 40.9. The van der Waals surface area contributed by atoms with Crippen molar-refractivity contribution in [2.75, 3.05) is 53.3 Å². The number of aromatic nitrogens is 3. The molecule has 6 rings (SSSR count). The van der Waals surface area contributed by atoms with E-state index in [0.717, 1.165) is 49.8 Å². The van der Waals surface area contributed by atoms with Crippen molar-refractivity contribution in [3.8, 4) is 23.0 Å². The zero-order valence-corrected chi connectivity index (χ0v) is 32.6. The number of hydrogen-bond donors (Lipinski definition) is 2. The molecule has 2 N–H and O–H groups in total. The van der Waals surface area contributed by atoms with E-state index in [1.54, 1.807) is 11.0 Å². The molecule has 5 heterocycles. The van der Waals surface area contributed by atoms with Gasteiger partial charge in [0.05, 0.1) is 29.7 Å². The summed E-state index contributed by atoms with van der Waals surface area (Å²) in [6.07, 6.45) is 4.98. The molecule has 3 saturated heterocycles. The molecule has 0 unspecified atom stereocenters. The number of carbonyl (C=O) groups excluding carboxylic acids is 1. The Hall–Kier alpha value is -3.92. The first-order chi connectivity index (χ1) is 26.2. The van der Waals surface area contributed by atoms with Gasteiger partial charge in [-0.2, -0.15) is 4.98 Å². The van der Waals surface area contributed by atoms with Gasteiger partial charge in [-0.05, 0) is 96.0 Å². The fraction of sp³-hybridized carbons (Fsp3) is 0.650. The minimum absolute atomic E-state index is 0.000876. The number of hydrogen-bond acceptors (Lipinski definition) is 11. The number of fused-ring (bicyclic) bond motifs is 2. The third-order valence-corrected chi connectivity index (χ3v) is 10.7. The largest absolute Gasteiger partial charge is 0.468 e. The molecule has 302 valence electrons. The first-order valence-corrected chi connectivity index (χ1v) is 19.4. The van der Waals surface area contributed by atoms with Crippen LogP contribution in [-0.2, 0) is 20.6 Å². The van der Waals surface area contributed by atoms with Crippen molar-refractivity contribution in [1.82, 2.24) is 24.8 Å². The van der Waals surface area contributed by atoms with Gasteiger partial charge in [0, 0.05) is 51.4 Å².